The van der Waals surface area contributed by atoms with Crippen LogP contribution in [0, 0.1) is 6.92 Å². The van der Waals surface area contributed by atoms with Gasteiger partial charge in [-0.2, -0.15) is 4.98 Å². The zero-order valence-electron chi connectivity index (χ0n) is 13.7. The minimum absolute atomic E-state index is 0.120. The number of aryl methyl sites for hydroxylation is 2. The molecule has 1 amide bonds. The van der Waals surface area contributed by atoms with Crippen LogP contribution in [-0.4, -0.2) is 38.1 Å². The average molecular weight is 317 g/mol. The van der Waals surface area contributed by atoms with E-state index in [1.807, 2.05) is 22.7 Å². The molecule has 1 unspecified atom stereocenters. The van der Waals surface area contributed by atoms with Gasteiger partial charge in [-0.1, -0.05) is 5.16 Å². The van der Waals surface area contributed by atoms with Gasteiger partial charge in [-0.25, -0.2) is 0 Å². The van der Waals surface area contributed by atoms with Gasteiger partial charge >= 0.3 is 0 Å². The van der Waals surface area contributed by atoms with Gasteiger partial charge in [-0.3, -0.25) is 4.79 Å². The van der Waals surface area contributed by atoms with Crippen LogP contribution in [0.25, 0.3) is 0 Å². The SMILES string of the molecule is Cc1noc(CN2CCCCC(NCc3ccn(C)c3)C2=O)n1. The molecule has 7 heteroatoms. The molecule has 1 atom stereocenters. The van der Waals surface area contributed by atoms with Crippen LogP contribution in [0.3, 0.4) is 0 Å². The molecule has 3 heterocycles. The van der Waals surface area contributed by atoms with Gasteiger partial charge in [0.25, 0.3) is 0 Å². The third kappa shape index (κ3) is 3.98. The van der Waals surface area contributed by atoms with Gasteiger partial charge in [0, 0.05) is 32.5 Å². The molecule has 0 bridgehead atoms. The molecule has 1 fully saturated rings. The Morgan fingerprint density at radius 2 is 2.30 bits per heavy atom. The monoisotopic (exact) mass is 317 g/mol. The van der Waals surface area contributed by atoms with Crippen LogP contribution in [-0.2, 0) is 24.9 Å². The fourth-order valence-corrected chi connectivity index (χ4v) is 2.93. The molecule has 1 N–H and O–H groups in total. The third-order valence-corrected chi connectivity index (χ3v) is 4.12. The van der Waals surface area contributed by atoms with Gasteiger partial charge in [-0.05, 0) is 37.8 Å². The summed E-state index contributed by atoms with van der Waals surface area (Å²) in [5.41, 5.74) is 1.18. The lowest BCUT2D eigenvalue weighted by molar-refractivity contribution is -0.133. The van der Waals surface area contributed by atoms with Crippen molar-refractivity contribution < 1.29 is 9.32 Å². The highest BCUT2D eigenvalue weighted by atomic mass is 16.5. The van der Waals surface area contributed by atoms with Crippen molar-refractivity contribution in [3.8, 4) is 0 Å². The number of carbonyl (C=O) groups excluding carboxylic acids is 1. The highest BCUT2D eigenvalue weighted by Crippen LogP contribution is 2.15. The number of nitrogens with zero attached hydrogens (tertiary/aromatic N) is 4. The van der Waals surface area contributed by atoms with Crippen LogP contribution >= 0.6 is 0 Å². The van der Waals surface area contributed by atoms with Crippen molar-refractivity contribution in [2.45, 2.75) is 45.3 Å². The molecule has 7 nitrogen and oxygen atoms in total. The second-order valence-corrected chi connectivity index (χ2v) is 6.11. The summed E-state index contributed by atoms with van der Waals surface area (Å²) in [6.45, 7) is 3.61. The molecule has 0 spiro atoms. The van der Waals surface area contributed by atoms with Crippen molar-refractivity contribution in [2.24, 2.45) is 7.05 Å². The minimum atomic E-state index is -0.151. The maximum atomic E-state index is 12.8. The molecular formula is C16H23N5O2. The minimum Gasteiger partial charge on any atom is -0.357 e. The fourth-order valence-electron chi connectivity index (χ4n) is 2.93. The largest absolute Gasteiger partial charge is 0.357 e. The van der Waals surface area contributed by atoms with Crippen molar-refractivity contribution in [1.82, 2.24) is 24.9 Å². The number of nitrogens with one attached hydrogen (secondary N) is 1. The Kier molecular flexibility index (Phi) is 4.76. The molecule has 2 aromatic heterocycles. The molecule has 1 aliphatic rings. The number of rotatable bonds is 5. The van der Waals surface area contributed by atoms with Crippen LogP contribution in [0.4, 0.5) is 0 Å². The summed E-state index contributed by atoms with van der Waals surface area (Å²) in [5, 5.41) is 7.18. The molecule has 124 valence electrons. The van der Waals surface area contributed by atoms with E-state index in [1.54, 1.807) is 6.92 Å². The number of hydrogen-bond acceptors (Lipinski definition) is 5. The van der Waals surface area contributed by atoms with Crippen LogP contribution in [0.15, 0.2) is 23.0 Å². The highest BCUT2D eigenvalue weighted by Gasteiger charge is 2.27. The van der Waals surface area contributed by atoms with Crippen LogP contribution in [0.2, 0.25) is 0 Å². The quantitative estimate of drug-likeness (QED) is 0.902. The number of hydrogen-bond donors (Lipinski definition) is 1. The smallest absolute Gasteiger partial charge is 0.246 e. The Morgan fingerprint density at radius 1 is 1.43 bits per heavy atom. The summed E-state index contributed by atoms with van der Waals surface area (Å²) in [6, 6.07) is 1.91. The number of likely N-dealkylation sites (tertiary alicyclic amines) is 1. The number of amides is 1. The van der Waals surface area contributed by atoms with E-state index >= 15 is 0 Å². The van der Waals surface area contributed by atoms with Crippen molar-refractivity contribution >= 4 is 5.91 Å². The van der Waals surface area contributed by atoms with Crippen LogP contribution in [0.5, 0.6) is 0 Å². The molecule has 0 aliphatic carbocycles. The first-order chi connectivity index (χ1) is 11.1. The van der Waals surface area contributed by atoms with E-state index in [9.17, 15) is 4.79 Å². The van der Waals surface area contributed by atoms with E-state index in [0.717, 1.165) is 25.8 Å². The molecule has 23 heavy (non-hydrogen) atoms. The molecule has 0 aromatic carbocycles. The molecular weight excluding hydrogens is 294 g/mol. The number of aromatic nitrogens is 3. The maximum absolute atomic E-state index is 12.8. The molecule has 1 saturated heterocycles. The van der Waals surface area contributed by atoms with Gasteiger partial charge in [0.15, 0.2) is 5.82 Å². The molecule has 0 saturated carbocycles. The van der Waals surface area contributed by atoms with Crippen LogP contribution < -0.4 is 5.32 Å². The van der Waals surface area contributed by atoms with Crippen molar-refractivity contribution in [2.75, 3.05) is 6.54 Å². The average Bonchev–Trinajstić information content (AvgIpc) is 3.08. The lowest BCUT2D eigenvalue weighted by Crippen LogP contribution is -2.44. The van der Waals surface area contributed by atoms with E-state index in [2.05, 4.69) is 27.7 Å². The zero-order chi connectivity index (χ0) is 16.2. The summed E-state index contributed by atoms with van der Waals surface area (Å²) in [5.74, 6) is 1.22. The highest BCUT2D eigenvalue weighted by molar-refractivity contribution is 5.82. The van der Waals surface area contributed by atoms with Gasteiger partial charge in [-0.15, -0.1) is 0 Å². The van der Waals surface area contributed by atoms with Crippen molar-refractivity contribution in [3.05, 3.63) is 35.7 Å². The Balaban J connectivity index is 1.62. The van der Waals surface area contributed by atoms with E-state index < -0.39 is 0 Å². The summed E-state index contributed by atoms with van der Waals surface area (Å²) in [7, 11) is 1.99. The topological polar surface area (TPSA) is 76.2 Å². The zero-order valence-corrected chi connectivity index (χ0v) is 13.7. The van der Waals surface area contributed by atoms with Gasteiger partial charge in [0.1, 0.15) is 6.54 Å². The molecule has 1 aliphatic heterocycles. The maximum Gasteiger partial charge on any atom is 0.246 e. The Hall–Kier alpha value is -2.15. The fraction of sp³-hybridized carbons (Fsp3) is 0.562. The van der Waals surface area contributed by atoms with Crippen molar-refractivity contribution in [1.29, 1.82) is 0 Å². The van der Waals surface area contributed by atoms with Gasteiger partial charge < -0.3 is 19.3 Å². The van der Waals surface area contributed by atoms with Crippen LogP contribution in [0.1, 0.15) is 36.5 Å². The predicted molar refractivity (Wildman–Crippen MR) is 84.3 cm³/mol. The first kappa shape index (κ1) is 15.7. The lowest BCUT2D eigenvalue weighted by Gasteiger charge is -2.23. The molecule has 0 radical (unpaired) electrons. The lowest BCUT2D eigenvalue weighted by atomic mass is 10.1. The Labute approximate surface area is 135 Å². The second kappa shape index (κ2) is 6.95. The first-order valence-corrected chi connectivity index (χ1v) is 8.04. The van der Waals surface area contributed by atoms with E-state index in [4.69, 9.17) is 4.52 Å². The normalized spacial score (nSPS) is 19.1. The first-order valence-electron chi connectivity index (χ1n) is 8.04. The standard InChI is InChI=1S/C16H23N5O2/c1-12-18-15(23-19-12)11-21-7-4-3-5-14(16(21)22)17-9-13-6-8-20(2)10-13/h6,8,10,14,17H,3-5,7,9,11H2,1-2H3. The Morgan fingerprint density at radius 3 is 3.00 bits per heavy atom. The van der Waals surface area contributed by atoms with Crippen molar-refractivity contribution in [3.63, 3.8) is 0 Å². The van der Waals surface area contributed by atoms with Gasteiger partial charge in [0.2, 0.25) is 11.8 Å². The van der Waals surface area contributed by atoms with E-state index in [0.29, 0.717) is 24.8 Å². The molecule has 2 aromatic rings. The summed E-state index contributed by atoms with van der Waals surface area (Å²) in [4.78, 5) is 18.8. The number of carbonyl (C=O) groups is 1. The van der Waals surface area contributed by atoms with E-state index in [-0.39, 0.29) is 11.9 Å². The summed E-state index contributed by atoms with van der Waals surface area (Å²) < 4.78 is 7.16. The third-order valence-electron chi connectivity index (χ3n) is 4.12. The molecule has 3 rings (SSSR count). The second-order valence-electron chi connectivity index (χ2n) is 6.11. The predicted octanol–water partition coefficient (Wildman–Crippen LogP) is 1.39. The van der Waals surface area contributed by atoms with E-state index in [1.165, 1.54) is 5.56 Å². The summed E-state index contributed by atoms with van der Waals surface area (Å²) >= 11 is 0. The van der Waals surface area contributed by atoms with Gasteiger partial charge in [0.05, 0.1) is 6.04 Å². The summed E-state index contributed by atoms with van der Waals surface area (Å²) in [6.07, 6.45) is 6.98. The Bertz CT molecular complexity index is 663.